The average molecular weight is 419 g/mol. The van der Waals surface area contributed by atoms with Gasteiger partial charge in [0.25, 0.3) is 5.91 Å². The van der Waals surface area contributed by atoms with Crippen molar-refractivity contribution in [3.63, 3.8) is 0 Å². The highest BCUT2D eigenvalue weighted by Crippen LogP contribution is 2.30. The molecule has 1 aliphatic heterocycles. The maximum Gasteiger partial charge on any atom is 0.271 e. The molecule has 1 amide bonds. The van der Waals surface area contributed by atoms with Crippen LogP contribution in [0.15, 0.2) is 29.6 Å². The van der Waals surface area contributed by atoms with Crippen molar-refractivity contribution in [3.05, 3.63) is 40.3 Å². The van der Waals surface area contributed by atoms with Crippen LogP contribution in [0, 0.1) is 0 Å². The van der Waals surface area contributed by atoms with Gasteiger partial charge in [0.1, 0.15) is 11.4 Å². The smallest absolute Gasteiger partial charge is 0.271 e. The predicted molar refractivity (Wildman–Crippen MR) is 110 cm³/mol. The van der Waals surface area contributed by atoms with E-state index in [4.69, 9.17) is 10.5 Å². The minimum absolute atomic E-state index is 0. The third kappa shape index (κ3) is 5.23. The summed E-state index contributed by atoms with van der Waals surface area (Å²) >= 11 is 1.48. The van der Waals surface area contributed by atoms with Gasteiger partial charge in [-0.1, -0.05) is 12.1 Å². The highest BCUT2D eigenvalue weighted by Gasteiger charge is 2.26. The first-order chi connectivity index (χ1) is 11.7. The number of halogens is 2. The minimum atomic E-state index is -0.110. The number of ether oxygens (including phenoxy) is 1. The molecule has 1 aliphatic rings. The zero-order valence-electron chi connectivity index (χ0n) is 14.5. The van der Waals surface area contributed by atoms with Gasteiger partial charge in [0.2, 0.25) is 0 Å². The molecule has 3 N–H and O–H groups in total. The Kier molecular flexibility index (Phi) is 9.15. The molecule has 3 rings (SSSR count). The highest BCUT2D eigenvalue weighted by molar-refractivity contribution is 7.09. The number of nitrogens with two attached hydrogens (primary N) is 1. The molecule has 1 saturated heterocycles. The molecule has 6 nitrogen and oxygen atoms in total. The summed E-state index contributed by atoms with van der Waals surface area (Å²) < 4.78 is 5.42. The zero-order valence-corrected chi connectivity index (χ0v) is 17.0. The van der Waals surface area contributed by atoms with Crippen molar-refractivity contribution in [2.24, 2.45) is 5.73 Å². The number of hydrogen-bond donors (Lipinski definition) is 2. The van der Waals surface area contributed by atoms with Gasteiger partial charge in [-0.2, -0.15) is 0 Å². The summed E-state index contributed by atoms with van der Waals surface area (Å²) in [5.74, 6) is 0.747. The van der Waals surface area contributed by atoms with Crippen LogP contribution >= 0.6 is 36.2 Å². The number of benzene rings is 1. The fraction of sp³-hybridized carbons (Fsp3) is 0.412. The lowest BCUT2D eigenvalue weighted by molar-refractivity contribution is 0.0936. The molecule has 144 valence electrons. The maximum absolute atomic E-state index is 12.3. The van der Waals surface area contributed by atoms with Gasteiger partial charge in [-0.25, -0.2) is 4.98 Å². The number of nitrogens with zero attached hydrogens (tertiary/aromatic N) is 2. The molecule has 0 spiro atoms. The first kappa shape index (κ1) is 22.5. The lowest BCUT2D eigenvalue weighted by Gasteiger charge is -2.21. The first-order valence-corrected chi connectivity index (χ1v) is 8.92. The van der Waals surface area contributed by atoms with E-state index in [1.54, 1.807) is 12.5 Å². The molecule has 0 saturated carbocycles. The van der Waals surface area contributed by atoms with E-state index in [1.165, 1.54) is 11.3 Å². The molecule has 1 aromatic carbocycles. The molecule has 2 aromatic rings. The average Bonchev–Trinajstić information content (AvgIpc) is 3.25. The Morgan fingerprint density at radius 1 is 1.42 bits per heavy atom. The molecular weight excluding hydrogens is 395 g/mol. The number of aromatic nitrogens is 1. The fourth-order valence-corrected chi connectivity index (χ4v) is 3.69. The number of rotatable bonds is 6. The second-order valence-electron chi connectivity index (χ2n) is 5.74. The monoisotopic (exact) mass is 418 g/mol. The molecule has 2 heterocycles. The summed E-state index contributed by atoms with van der Waals surface area (Å²) in [5.41, 5.74) is 7.07. The molecule has 1 unspecified atom stereocenters. The number of hydrogen-bond acceptors (Lipinski definition) is 6. The van der Waals surface area contributed by atoms with Crippen molar-refractivity contribution < 1.29 is 9.53 Å². The molecule has 26 heavy (non-hydrogen) atoms. The number of carbonyl (C=O) groups is 1. The summed E-state index contributed by atoms with van der Waals surface area (Å²) in [7, 11) is 1.68. The van der Waals surface area contributed by atoms with Crippen LogP contribution in [0.4, 0.5) is 5.69 Å². The summed E-state index contributed by atoms with van der Waals surface area (Å²) in [5, 5.41) is 5.79. The van der Waals surface area contributed by atoms with E-state index in [1.807, 2.05) is 24.3 Å². The van der Waals surface area contributed by atoms with Gasteiger partial charge in [0, 0.05) is 30.9 Å². The second-order valence-corrected chi connectivity index (χ2v) is 6.68. The van der Waals surface area contributed by atoms with E-state index >= 15 is 0 Å². The Balaban J connectivity index is 0.00000169. The minimum Gasteiger partial charge on any atom is -0.495 e. The lowest BCUT2D eigenvalue weighted by atomic mass is 10.2. The third-order valence-electron chi connectivity index (χ3n) is 4.09. The van der Waals surface area contributed by atoms with Crippen LogP contribution in [0.3, 0.4) is 0 Å². The number of anilines is 1. The zero-order chi connectivity index (χ0) is 16.9. The first-order valence-electron chi connectivity index (χ1n) is 8.04. The van der Waals surface area contributed by atoms with E-state index in [0.29, 0.717) is 18.7 Å². The Hall–Kier alpha value is -1.54. The summed E-state index contributed by atoms with van der Waals surface area (Å²) in [6, 6.07) is 8.07. The normalized spacial score (nSPS) is 15.8. The molecule has 1 atom stereocenters. The predicted octanol–water partition coefficient (Wildman–Crippen LogP) is 2.51. The summed E-state index contributed by atoms with van der Waals surface area (Å²) in [4.78, 5) is 18.9. The quantitative estimate of drug-likeness (QED) is 0.752. The molecular formula is C17H24Cl2N4O2S. The van der Waals surface area contributed by atoms with Crippen LogP contribution in [0.25, 0.3) is 0 Å². The summed E-state index contributed by atoms with van der Waals surface area (Å²) in [6.07, 6.45) is 1.62. The second kappa shape index (κ2) is 10.6. The van der Waals surface area contributed by atoms with Crippen LogP contribution in [0.5, 0.6) is 5.75 Å². The van der Waals surface area contributed by atoms with Gasteiger partial charge in [0.05, 0.1) is 17.8 Å². The van der Waals surface area contributed by atoms with Crippen molar-refractivity contribution in [1.82, 2.24) is 10.3 Å². The number of carbonyl (C=O) groups excluding carboxylic acids is 1. The largest absolute Gasteiger partial charge is 0.495 e. The number of methoxy groups -OCH3 is 1. The van der Waals surface area contributed by atoms with E-state index in [2.05, 4.69) is 15.2 Å². The van der Waals surface area contributed by atoms with Crippen molar-refractivity contribution >= 4 is 47.7 Å². The Morgan fingerprint density at radius 2 is 2.19 bits per heavy atom. The van der Waals surface area contributed by atoms with Gasteiger partial charge < -0.3 is 20.7 Å². The van der Waals surface area contributed by atoms with E-state index in [0.717, 1.165) is 36.0 Å². The van der Waals surface area contributed by atoms with Crippen molar-refractivity contribution in [1.29, 1.82) is 0 Å². The molecule has 9 heteroatoms. The number of nitrogens with one attached hydrogen (secondary N) is 1. The molecule has 1 aromatic heterocycles. The standard InChI is InChI=1S/C17H22N4O2S.2ClH/c1-23-15-5-3-2-4-14(15)21-9-7-12(10-21)19-17(22)13-11-24-16(20-13)6-8-18;;/h2-5,11-12H,6-10,18H2,1H3,(H,19,22);2*1H. The Bertz CT molecular complexity index is 714. The molecule has 1 fully saturated rings. The van der Waals surface area contributed by atoms with Crippen molar-refractivity contribution in [2.75, 3.05) is 31.6 Å². The third-order valence-corrected chi connectivity index (χ3v) is 5.00. The summed E-state index contributed by atoms with van der Waals surface area (Å²) in [6.45, 7) is 2.21. The molecule has 0 aliphatic carbocycles. The van der Waals surface area contributed by atoms with Gasteiger partial charge >= 0.3 is 0 Å². The SMILES string of the molecule is COc1ccccc1N1CCC(NC(=O)c2csc(CCN)n2)C1.Cl.Cl. The maximum atomic E-state index is 12.3. The van der Waals surface area contributed by atoms with Crippen LogP contribution < -0.4 is 20.7 Å². The van der Waals surface area contributed by atoms with Gasteiger partial charge in [-0.3, -0.25) is 4.79 Å². The fourth-order valence-electron chi connectivity index (χ4n) is 2.90. The van der Waals surface area contributed by atoms with Crippen molar-refractivity contribution in [3.8, 4) is 5.75 Å². The van der Waals surface area contributed by atoms with Crippen LogP contribution in [0.2, 0.25) is 0 Å². The van der Waals surface area contributed by atoms with Crippen LogP contribution in [-0.2, 0) is 6.42 Å². The van der Waals surface area contributed by atoms with Crippen LogP contribution in [-0.4, -0.2) is 43.7 Å². The Morgan fingerprint density at radius 3 is 2.92 bits per heavy atom. The lowest BCUT2D eigenvalue weighted by Crippen LogP contribution is -2.37. The molecule has 0 bridgehead atoms. The topological polar surface area (TPSA) is 80.5 Å². The number of para-hydroxylation sites is 2. The van der Waals surface area contributed by atoms with E-state index in [-0.39, 0.29) is 36.8 Å². The highest BCUT2D eigenvalue weighted by atomic mass is 35.5. The van der Waals surface area contributed by atoms with Gasteiger partial charge in [0.15, 0.2) is 0 Å². The Labute approximate surface area is 169 Å². The van der Waals surface area contributed by atoms with E-state index in [9.17, 15) is 4.79 Å². The van der Waals surface area contributed by atoms with Gasteiger partial charge in [-0.15, -0.1) is 36.2 Å². The van der Waals surface area contributed by atoms with Gasteiger partial charge in [-0.05, 0) is 25.1 Å². The van der Waals surface area contributed by atoms with Crippen LogP contribution in [0.1, 0.15) is 21.9 Å². The number of thiazole rings is 1. The number of amides is 1. The van der Waals surface area contributed by atoms with E-state index < -0.39 is 0 Å². The molecule has 0 radical (unpaired) electrons. The van der Waals surface area contributed by atoms with Crippen molar-refractivity contribution in [2.45, 2.75) is 18.9 Å².